The predicted molar refractivity (Wildman–Crippen MR) is 61.5 cm³/mol. The maximum Gasteiger partial charge on any atom is 0.233 e. The molecule has 2 aromatic rings. The van der Waals surface area contributed by atoms with Crippen molar-refractivity contribution in [2.24, 2.45) is 0 Å². The molecule has 1 aromatic carbocycles. The van der Waals surface area contributed by atoms with Gasteiger partial charge in [-0.3, -0.25) is 0 Å². The quantitative estimate of drug-likeness (QED) is 0.711. The Balaban J connectivity index is 2.09. The molecule has 0 saturated heterocycles. The summed E-state index contributed by atoms with van der Waals surface area (Å²) in [6.07, 6.45) is 4.83. The van der Waals surface area contributed by atoms with E-state index in [0.29, 0.717) is 6.54 Å². The topological polar surface area (TPSA) is 27.7 Å². The highest BCUT2D eigenvalue weighted by Gasteiger charge is 2.00. The smallest absolute Gasteiger partial charge is 0.191 e. The number of pyridine rings is 1. The first kappa shape index (κ1) is 10.4. The first-order chi connectivity index (χ1) is 7.88. The van der Waals surface area contributed by atoms with Crippen molar-refractivity contribution < 1.29 is 4.57 Å². The third-order valence-corrected chi connectivity index (χ3v) is 2.46. The molecule has 2 rings (SSSR count). The monoisotopic (exact) mass is 209 g/mol. The molecule has 0 aliphatic rings. The van der Waals surface area contributed by atoms with Gasteiger partial charge in [0.05, 0.1) is 0 Å². The van der Waals surface area contributed by atoms with Gasteiger partial charge >= 0.3 is 0 Å². The van der Waals surface area contributed by atoms with Gasteiger partial charge in [0.25, 0.3) is 0 Å². The average Bonchev–Trinajstić information content (AvgIpc) is 2.33. The standard InChI is InChI=1S/C14H13N2/c15-8-11-16-9-6-14(7-10-16)12-13-4-2-1-3-5-13/h1-7,9-10H,11-12H2/q+1. The lowest BCUT2D eigenvalue weighted by atomic mass is 10.1. The normalized spacial score (nSPS) is 9.69. The zero-order chi connectivity index (χ0) is 11.2. The highest BCUT2D eigenvalue weighted by Crippen LogP contribution is 2.06. The van der Waals surface area contributed by atoms with Crippen LogP contribution < -0.4 is 4.57 Å². The molecule has 1 aromatic heterocycles. The van der Waals surface area contributed by atoms with Gasteiger partial charge in [0.15, 0.2) is 12.4 Å². The Morgan fingerprint density at radius 2 is 1.56 bits per heavy atom. The molecular formula is C14H13N2+. The van der Waals surface area contributed by atoms with Gasteiger partial charge in [0, 0.05) is 12.1 Å². The third kappa shape index (κ3) is 2.68. The molecule has 0 aliphatic heterocycles. The van der Waals surface area contributed by atoms with Gasteiger partial charge in [0.1, 0.15) is 6.07 Å². The molecule has 0 saturated carbocycles. The van der Waals surface area contributed by atoms with E-state index >= 15 is 0 Å². The van der Waals surface area contributed by atoms with Crippen LogP contribution >= 0.6 is 0 Å². The van der Waals surface area contributed by atoms with Crippen LogP contribution in [0.15, 0.2) is 54.9 Å². The summed E-state index contributed by atoms with van der Waals surface area (Å²) in [6.45, 7) is 0.408. The Morgan fingerprint density at radius 3 is 2.19 bits per heavy atom. The molecule has 0 aliphatic carbocycles. The van der Waals surface area contributed by atoms with Crippen molar-refractivity contribution in [1.29, 1.82) is 5.26 Å². The number of hydrogen-bond donors (Lipinski definition) is 0. The van der Waals surface area contributed by atoms with Crippen molar-refractivity contribution in [3.63, 3.8) is 0 Å². The molecule has 0 N–H and O–H groups in total. The van der Waals surface area contributed by atoms with Crippen LogP contribution in [0.1, 0.15) is 11.1 Å². The molecule has 1 heterocycles. The Kier molecular flexibility index (Phi) is 3.30. The number of hydrogen-bond acceptors (Lipinski definition) is 1. The minimum Gasteiger partial charge on any atom is -0.191 e. The minimum absolute atomic E-state index is 0.408. The summed E-state index contributed by atoms with van der Waals surface area (Å²) < 4.78 is 1.87. The molecule has 0 radical (unpaired) electrons. The molecule has 0 spiro atoms. The van der Waals surface area contributed by atoms with Gasteiger partial charge in [0.2, 0.25) is 6.54 Å². The van der Waals surface area contributed by atoms with Gasteiger partial charge in [-0.1, -0.05) is 30.3 Å². The van der Waals surface area contributed by atoms with Crippen molar-refractivity contribution in [1.82, 2.24) is 0 Å². The molecule has 0 amide bonds. The number of aromatic nitrogens is 1. The van der Waals surface area contributed by atoms with Crippen LogP contribution in [0.4, 0.5) is 0 Å². The number of nitriles is 1. The second-order valence-corrected chi connectivity index (χ2v) is 3.70. The van der Waals surface area contributed by atoms with E-state index in [1.165, 1.54) is 11.1 Å². The maximum atomic E-state index is 8.55. The van der Waals surface area contributed by atoms with E-state index in [-0.39, 0.29) is 0 Å². The largest absolute Gasteiger partial charge is 0.233 e. The molecule has 2 heteroatoms. The molecule has 16 heavy (non-hydrogen) atoms. The van der Waals surface area contributed by atoms with Gasteiger partial charge in [-0.25, -0.2) is 0 Å². The van der Waals surface area contributed by atoms with Crippen LogP contribution in [0.5, 0.6) is 0 Å². The molecule has 0 bridgehead atoms. The van der Waals surface area contributed by atoms with Gasteiger partial charge < -0.3 is 0 Å². The third-order valence-electron chi connectivity index (χ3n) is 2.46. The number of rotatable bonds is 3. The molecule has 0 unspecified atom stereocenters. The minimum atomic E-state index is 0.408. The first-order valence-electron chi connectivity index (χ1n) is 5.27. The molecule has 2 nitrogen and oxygen atoms in total. The zero-order valence-electron chi connectivity index (χ0n) is 9.00. The van der Waals surface area contributed by atoms with Crippen molar-refractivity contribution >= 4 is 0 Å². The summed E-state index contributed by atoms with van der Waals surface area (Å²) in [4.78, 5) is 0. The highest BCUT2D eigenvalue weighted by atomic mass is 14.9. The molecule has 0 fully saturated rings. The Labute approximate surface area is 95.4 Å². The fraction of sp³-hybridized carbons (Fsp3) is 0.143. The van der Waals surface area contributed by atoms with E-state index in [4.69, 9.17) is 5.26 Å². The molecule has 0 atom stereocenters. The van der Waals surface area contributed by atoms with Crippen LogP contribution in [-0.2, 0) is 13.0 Å². The predicted octanol–water partition coefficient (Wildman–Crippen LogP) is 2.09. The SMILES string of the molecule is N#CC[n+]1ccc(Cc2ccccc2)cc1. The summed E-state index contributed by atoms with van der Waals surface area (Å²) in [5.74, 6) is 0. The first-order valence-corrected chi connectivity index (χ1v) is 5.27. The van der Waals surface area contributed by atoms with E-state index in [0.717, 1.165) is 6.42 Å². The molecule has 78 valence electrons. The summed E-state index contributed by atoms with van der Waals surface area (Å²) in [5.41, 5.74) is 2.57. The van der Waals surface area contributed by atoms with Gasteiger partial charge in [-0.05, 0) is 17.5 Å². The van der Waals surface area contributed by atoms with Crippen molar-refractivity contribution in [3.05, 3.63) is 66.0 Å². The van der Waals surface area contributed by atoms with E-state index in [9.17, 15) is 0 Å². The summed E-state index contributed by atoms with van der Waals surface area (Å²) in [7, 11) is 0. The van der Waals surface area contributed by atoms with Crippen molar-refractivity contribution in [2.45, 2.75) is 13.0 Å². The van der Waals surface area contributed by atoms with Crippen LogP contribution in [-0.4, -0.2) is 0 Å². The van der Waals surface area contributed by atoms with Crippen molar-refractivity contribution in [3.8, 4) is 6.07 Å². The van der Waals surface area contributed by atoms with E-state index < -0.39 is 0 Å². The van der Waals surface area contributed by atoms with Crippen molar-refractivity contribution in [2.75, 3.05) is 0 Å². The Morgan fingerprint density at radius 1 is 0.938 bits per heavy atom. The van der Waals surface area contributed by atoms with E-state index in [1.807, 2.05) is 35.2 Å². The summed E-state index contributed by atoms with van der Waals surface area (Å²) >= 11 is 0. The lowest BCUT2D eigenvalue weighted by Crippen LogP contribution is -2.31. The van der Waals surface area contributed by atoms with Crippen LogP contribution in [0.3, 0.4) is 0 Å². The van der Waals surface area contributed by atoms with Crippen LogP contribution in [0.2, 0.25) is 0 Å². The zero-order valence-corrected chi connectivity index (χ0v) is 9.00. The van der Waals surface area contributed by atoms with Gasteiger partial charge in [-0.2, -0.15) is 9.83 Å². The Hall–Kier alpha value is -2.14. The fourth-order valence-corrected chi connectivity index (χ4v) is 1.62. The second-order valence-electron chi connectivity index (χ2n) is 3.70. The fourth-order valence-electron chi connectivity index (χ4n) is 1.62. The lowest BCUT2D eigenvalue weighted by molar-refractivity contribution is -0.685. The lowest BCUT2D eigenvalue weighted by Gasteiger charge is -2.00. The Bertz CT molecular complexity index is 480. The van der Waals surface area contributed by atoms with Crippen LogP contribution in [0, 0.1) is 11.3 Å². The molecular weight excluding hydrogens is 196 g/mol. The average molecular weight is 209 g/mol. The van der Waals surface area contributed by atoms with Crippen LogP contribution in [0.25, 0.3) is 0 Å². The van der Waals surface area contributed by atoms with Gasteiger partial charge in [-0.15, -0.1) is 0 Å². The summed E-state index contributed by atoms with van der Waals surface area (Å²) in [5, 5.41) is 8.55. The summed E-state index contributed by atoms with van der Waals surface area (Å²) in [6, 6.07) is 16.6. The highest BCUT2D eigenvalue weighted by molar-refractivity contribution is 5.23. The number of benzene rings is 1. The van der Waals surface area contributed by atoms with E-state index in [2.05, 4.69) is 30.3 Å². The maximum absolute atomic E-state index is 8.55. The number of nitrogens with zero attached hydrogens (tertiary/aromatic N) is 2. The second kappa shape index (κ2) is 5.09. The van der Waals surface area contributed by atoms with E-state index in [1.54, 1.807) is 0 Å².